The first-order valence-electron chi connectivity index (χ1n) is 11.6. The highest BCUT2D eigenvalue weighted by atomic mass is 35.5. The summed E-state index contributed by atoms with van der Waals surface area (Å²) in [5.41, 5.74) is 2.44. The zero-order valence-corrected chi connectivity index (χ0v) is 22.8. The number of aryl methyl sites for hydroxylation is 1. The molecule has 0 saturated carbocycles. The van der Waals surface area contributed by atoms with E-state index in [1.54, 1.807) is 18.2 Å². The molecule has 2 aromatic heterocycles. The predicted molar refractivity (Wildman–Crippen MR) is 153 cm³/mol. The number of carbonyl (C=O) groups is 1. The summed E-state index contributed by atoms with van der Waals surface area (Å²) in [5.74, 6) is -0.864. The average Bonchev–Trinajstić information content (AvgIpc) is 3.35. The fourth-order valence-corrected chi connectivity index (χ4v) is 6.36. The number of nitrogens with zero attached hydrogens (tertiary/aromatic N) is 1. The van der Waals surface area contributed by atoms with Gasteiger partial charge in [-0.2, -0.15) is 0 Å². The summed E-state index contributed by atoms with van der Waals surface area (Å²) in [4.78, 5) is 41.3. The third kappa shape index (κ3) is 5.65. The molecule has 9 nitrogen and oxygen atoms in total. The summed E-state index contributed by atoms with van der Waals surface area (Å²) in [7, 11) is -4.09. The van der Waals surface area contributed by atoms with Gasteiger partial charge in [0.1, 0.15) is 4.21 Å². The number of hydrogen-bond donors (Lipinski definition) is 3. The van der Waals surface area contributed by atoms with Gasteiger partial charge in [-0.05, 0) is 67.1 Å². The molecule has 0 unspecified atom stereocenters. The van der Waals surface area contributed by atoms with Gasteiger partial charge in [0.25, 0.3) is 21.5 Å². The van der Waals surface area contributed by atoms with Crippen LogP contribution in [0, 0.1) is 6.92 Å². The molecular formula is C27H21ClN4O5S2. The van der Waals surface area contributed by atoms with Crippen LogP contribution in [0.5, 0.6) is 0 Å². The van der Waals surface area contributed by atoms with Gasteiger partial charge in [0.2, 0.25) is 0 Å². The van der Waals surface area contributed by atoms with E-state index < -0.39 is 27.2 Å². The number of halogens is 1. The molecule has 0 fully saturated rings. The number of fused-ring (bicyclic) bond motifs is 1. The average molecular weight is 581 g/mol. The fourth-order valence-electron chi connectivity index (χ4n) is 3.91. The van der Waals surface area contributed by atoms with Gasteiger partial charge in [0.05, 0.1) is 20.9 Å². The Labute approximate surface area is 231 Å². The molecule has 3 aromatic carbocycles. The van der Waals surface area contributed by atoms with Crippen molar-refractivity contribution in [2.45, 2.75) is 17.7 Å². The minimum absolute atomic E-state index is 0.0273. The van der Waals surface area contributed by atoms with Crippen LogP contribution in [0.4, 0.5) is 5.69 Å². The molecule has 0 spiro atoms. The normalized spacial score (nSPS) is 11.4. The number of anilines is 1. The van der Waals surface area contributed by atoms with E-state index in [4.69, 9.17) is 11.6 Å². The third-order valence-electron chi connectivity index (χ3n) is 5.94. The number of aromatic amines is 1. The molecule has 3 N–H and O–H groups in total. The number of hydrogen-bond acceptors (Lipinski definition) is 7. The first-order valence-corrected chi connectivity index (χ1v) is 14.3. The van der Waals surface area contributed by atoms with Crippen LogP contribution in [0.25, 0.3) is 16.6 Å². The molecule has 39 heavy (non-hydrogen) atoms. The number of thiophene rings is 1. The monoisotopic (exact) mass is 580 g/mol. The van der Waals surface area contributed by atoms with Gasteiger partial charge in [-0.3, -0.25) is 9.59 Å². The van der Waals surface area contributed by atoms with E-state index in [2.05, 4.69) is 10.3 Å². The Kier molecular flexibility index (Phi) is 7.13. The Morgan fingerprint density at radius 1 is 0.974 bits per heavy atom. The largest absolute Gasteiger partial charge is 0.381 e. The van der Waals surface area contributed by atoms with Crippen LogP contribution in [0.2, 0.25) is 4.34 Å². The van der Waals surface area contributed by atoms with Gasteiger partial charge < -0.3 is 10.3 Å². The van der Waals surface area contributed by atoms with Crippen LogP contribution in [0.3, 0.4) is 0 Å². The molecule has 0 bridgehead atoms. The molecule has 0 aliphatic heterocycles. The van der Waals surface area contributed by atoms with Crippen LogP contribution in [-0.2, 0) is 16.6 Å². The molecule has 0 aliphatic rings. The number of nitrogens with one attached hydrogen (secondary N) is 3. The first kappa shape index (κ1) is 26.4. The first-order chi connectivity index (χ1) is 18.6. The maximum atomic E-state index is 13.2. The molecular weight excluding hydrogens is 560 g/mol. The number of sulfonamides is 1. The van der Waals surface area contributed by atoms with Crippen LogP contribution in [0.15, 0.2) is 92.7 Å². The van der Waals surface area contributed by atoms with Crippen molar-refractivity contribution in [3.63, 3.8) is 0 Å². The molecule has 0 atom stereocenters. The highest BCUT2D eigenvalue weighted by molar-refractivity contribution is 7.92. The van der Waals surface area contributed by atoms with Gasteiger partial charge in [0.15, 0.2) is 0 Å². The summed E-state index contributed by atoms with van der Waals surface area (Å²) in [6, 6.07) is 21.4. The standard InChI is InChI=1S/C27H21ClN4O5S2/c1-16-2-4-17(5-3-16)15-29-19-8-11-21-22(14-19)30-27(35)32(26(21)34)20-9-6-18(7-10-20)25(33)31-39(36,37)24-13-12-23(28)38-24/h2-14,29H,15H2,1H3,(H,30,35)(H,31,33). The van der Waals surface area contributed by atoms with Crippen LogP contribution in [0.1, 0.15) is 21.5 Å². The van der Waals surface area contributed by atoms with Crippen molar-refractivity contribution in [2.24, 2.45) is 0 Å². The molecule has 0 aliphatic carbocycles. The smallest absolute Gasteiger partial charge is 0.333 e. The van der Waals surface area contributed by atoms with Gasteiger partial charge in [-0.25, -0.2) is 22.5 Å². The fraction of sp³-hybridized carbons (Fsp3) is 0.0741. The second-order valence-corrected chi connectivity index (χ2v) is 12.3. The van der Waals surface area contributed by atoms with Gasteiger partial charge in [0, 0.05) is 17.8 Å². The van der Waals surface area contributed by atoms with Crippen molar-refractivity contribution in [1.29, 1.82) is 0 Å². The van der Waals surface area contributed by atoms with E-state index in [-0.39, 0.29) is 19.8 Å². The SMILES string of the molecule is Cc1ccc(CNc2ccc3c(=O)n(-c4ccc(C(=O)NS(=O)(=O)c5ccc(Cl)s5)cc4)c(=O)[nH]c3c2)cc1. The zero-order valence-electron chi connectivity index (χ0n) is 20.4. The quantitative estimate of drug-likeness (QED) is 0.261. The minimum Gasteiger partial charge on any atom is -0.381 e. The Morgan fingerprint density at radius 3 is 2.36 bits per heavy atom. The summed E-state index contributed by atoms with van der Waals surface area (Å²) in [5, 5.41) is 3.59. The summed E-state index contributed by atoms with van der Waals surface area (Å²) < 4.78 is 27.9. The molecule has 5 aromatic rings. The maximum Gasteiger partial charge on any atom is 0.333 e. The van der Waals surface area contributed by atoms with Crippen LogP contribution >= 0.6 is 22.9 Å². The topological polar surface area (TPSA) is 130 Å². The second-order valence-electron chi connectivity index (χ2n) is 8.71. The zero-order chi connectivity index (χ0) is 27.7. The molecule has 0 saturated heterocycles. The van der Waals surface area contributed by atoms with Crippen molar-refractivity contribution in [2.75, 3.05) is 5.32 Å². The Balaban J connectivity index is 1.37. The molecule has 5 rings (SSSR count). The Hall–Kier alpha value is -4.19. The van der Waals surface area contributed by atoms with Crippen molar-refractivity contribution >= 4 is 55.5 Å². The van der Waals surface area contributed by atoms with E-state index in [1.165, 1.54) is 42.0 Å². The van der Waals surface area contributed by atoms with Crippen molar-refractivity contribution < 1.29 is 13.2 Å². The molecule has 198 valence electrons. The molecule has 1 amide bonds. The lowest BCUT2D eigenvalue weighted by Crippen LogP contribution is -2.33. The lowest BCUT2D eigenvalue weighted by Gasteiger charge is -2.10. The number of amides is 1. The lowest BCUT2D eigenvalue weighted by molar-refractivity contribution is 0.0981. The summed E-state index contributed by atoms with van der Waals surface area (Å²) in [6.45, 7) is 2.60. The van der Waals surface area contributed by atoms with Crippen LogP contribution in [-0.4, -0.2) is 23.9 Å². The van der Waals surface area contributed by atoms with E-state index >= 15 is 0 Å². The lowest BCUT2D eigenvalue weighted by atomic mass is 10.1. The second kappa shape index (κ2) is 10.5. The number of H-pyrrole nitrogens is 1. The number of carbonyl (C=O) groups excluding carboxylic acids is 1. The maximum absolute atomic E-state index is 13.2. The minimum atomic E-state index is -4.09. The summed E-state index contributed by atoms with van der Waals surface area (Å²) >= 11 is 6.61. The number of benzene rings is 3. The van der Waals surface area contributed by atoms with Crippen molar-refractivity contribution in [1.82, 2.24) is 14.3 Å². The third-order valence-corrected chi connectivity index (χ3v) is 9.00. The number of aromatic nitrogens is 2. The van der Waals surface area contributed by atoms with Gasteiger partial charge in [-0.1, -0.05) is 41.4 Å². The van der Waals surface area contributed by atoms with E-state index in [0.717, 1.165) is 27.2 Å². The summed E-state index contributed by atoms with van der Waals surface area (Å²) in [6.07, 6.45) is 0. The van der Waals surface area contributed by atoms with Crippen molar-refractivity contribution in [3.8, 4) is 5.69 Å². The predicted octanol–water partition coefficient (Wildman–Crippen LogP) is 4.43. The number of rotatable bonds is 7. The van der Waals surface area contributed by atoms with Gasteiger partial charge >= 0.3 is 5.69 Å². The molecule has 2 heterocycles. The molecule has 0 radical (unpaired) electrons. The Bertz CT molecular complexity index is 1930. The Morgan fingerprint density at radius 2 is 1.69 bits per heavy atom. The highest BCUT2D eigenvalue weighted by Gasteiger charge is 2.21. The van der Waals surface area contributed by atoms with E-state index in [9.17, 15) is 22.8 Å². The van der Waals surface area contributed by atoms with Crippen molar-refractivity contribution in [3.05, 3.63) is 121 Å². The van der Waals surface area contributed by atoms with Crippen LogP contribution < -0.4 is 21.3 Å². The molecule has 12 heteroatoms. The highest BCUT2D eigenvalue weighted by Crippen LogP contribution is 2.25. The van der Waals surface area contributed by atoms with Gasteiger partial charge in [-0.15, -0.1) is 11.3 Å². The van der Waals surface area contributed by atoms with E-state index in [1.807, 2.05) is 35.9 Å². The van der Waals surface area contributed by atoms with E-state index in [0.29, 0.717) is 17.4 Å².